The number of rotatable bonds is 6. The molecule has 31 heavy (non-hydrogen) atoms. The molecule has 2 amide bonds. The summed E-state index contributed by atoms with van der Waals surface area (Å²) in [5, 5.41) is 2.88. The number of benzene rings is 2. The first-order valence-corrected chi connectivity index (χ1v) is 10.5. The monoisotopic (exact) mass is 421 g/mol. The minimum atomic E-state index is -0.643. The summed E-state index contributed by atoms with van der Waals surface area (Å²) in [5.74, 6) is 0.922. The molecule has 2 aromatic rings. The van der Waals surface area contributed by atoms with Crippen molar-refractivity contribution in [3.05, 3.63) is 54.1 Å². The van der Waals surface area contributed by atoms with Crippen LogP contribution in [-0.2, 0) is 9.59 Å². The molecule has 4 rings (SSSR count). The van der Waals surface area contributed by atoms with Crippen LogP contribution in [0.1, 0.15) is 37.7 Å². The van der Waals surface area contributed by atoms with Crippen LogP contribution < -0.4 is 14.8 Å². The first-order chi connectivity index (χ1) is 15.0. The van der Waals surface area contributed by atoms with Crippen LogP contribution in [0.2, 0.25) is 0 Å². The molecule has 1 aliphatic carbocycles. The van der Waals surface area contributed by atoms with E-state index in [1.807, 2.05) is 36.4 Å². The van der Waals surface area contributed by atoms with E-state index in [0.717, 1.165) is 43.4 Å². The third-order valence-corrected chi connectivity index (χ3v) is 5.94. The lowest BCUT2D eigenvalue weighted by atomic mass is 9.88. The number of nitrogens with one attached hydrogen (secondary N) is 1. The molecule has 2 aliphatic rings. The van der Waals surface area contributed by atoms with Gasteiger partial charge in [-0.1, -0.05) is 12.5 Å². The van der Waals surface area contributed by atoms with E-state index in [4.69, 9.17) is 14.5 Å². The van der Waals surface area contributed by atoms with Crippen LogP contribution >= 0.6 is 0 Å². The number of aliphatic imine (C=N–C) groups is 1. The molecule has 1 aliphatic heterocycles. The lowest BCUT2D eigenvalue weighted by Crippen LogP contribution is -2.51. The number of carbonyl (C=O) groups is 2. The van der Waals surface area contributed by atoms with Gasteiger partial charge in [-0.25, -0.2) is 0 Å². The number of nitrogens with zero attached hydrogens (tertiary/aromatic N) is 2. The molecule has 0 atom stereocenters. The van der Waals surface area contributed by atoms with Gasteiger partial charge in [-0.05, 0) is 62.1 Å². The normalized spacial score (nSPS) is 17.4. The number of amides is 2. The second-order valence-corrected chi connectivity index (χ2v) is 7.90. The van der Waals surface area contributed by atoms with E-state index in [1.165, 1.54) is 0 Å². The van der Waals surface area contributed by atoms with Gasteiger partial charge in [0.2, 0.25) is 5.91 Å². The molecule has 162 valence electrons. The van der Waals surface area contributed by atoms with E-state index in [9.17, 15) is 9.59 Å². The average Bonchev–Trinajstić information content (AvgIpc) is 3.05. The Bertz CT molecular complexity index is 994. The zero-order chi connectivity index (χ0) is 21.8. The predicted molar refractivity (Wildman–Crippen MR) is 119 cm³/mol. The van der Waals surface area contributed by atoms with Crippen molar-refractivity contribution in [3.8, 4) is 11.5 Å². The van der Waals surface area contributed by atoms with Crippen molar-refractivity contribution >= 4 is 23.2 Å². The summed E-state index contributed by atoms with van der Waals surface area (Å²) in [6.07, 6.45) is 4.63. The van der Waals surface area contributed by atoms with Gasteiger partial charge < -0.3 is 19.7 Å². The third-order valence-electron chi connectivity index (χ3n) is 5.94. The van der Waals surface area contributed by atoms with Crippen LogP contribution in [0.3, 0.4) is 0 Å². The summed E-state index contributed by atoms with van der Waals surface area (Å²) in [6.45, 7) is -0.0425. The summed E-state index contributed by atoms with van der Waals surface area (Å²) in [5.41, 5.74) is 1.14. The Morgan fingerprint density at radius 1 is 1.03 bits per heavy atom. The van der Waals surface area contributed by atoms with Gasteiger partial charge in [0, 0.05) is 17.3 Å². The molecular weight excluding hydrogens is 394 g/mol. The first kappa shape index (κ1) is 20.9. The van der Waals surface area contributed by atoms with Gasteiger partial charge in [0.15, 0.2) is 0 Å². The second kappa shape index (κ2) is 8.79. The molecule has 1 saturated carbocycles. The fourth-order valence-electron chi connectivity index (χ4n) is 4.33. The lowest BCUT2D eigenvalue weighted by molar-refractivity contribution is -0.134. The molecule has 1 spiro atoms. The van der Waals surface area contributed by atoms with E-state index in [0.29, 0.717) is 17.1 Å². The van der Waals surface area contributed by atoms with E-state index in [-0.39, 0.29) is 18.4 Å². The highest BCUT2D eigenvalue weighted by Gasteiger charge is 2.48. The lowest BCUT2D eigenvalue weighted by Gasteiger charge is -2.38. The number of carbonyl (C=O) groups excluding carboxylic acids is 2. The summed E-state index contributed by atoms with van der Waals surface area (Å²) < 4.78 is 10.4. The molecule has 2 aromatic carbocycles. The Balaban J connectivity index is 1.56. The molecule has 0 saturated heterocycles. The molecule has 0 aromatic heterocycles. The van der Waals surface area contributed by atoms with Crippen molar-refractivity contribution in [2.24, 2.45) is 4.99 Å². The molecule has 1 N–H and O–H groups in total. The Labute approximate surface area is 182 Å². The minimum Gasteiger partial charge on any atom is -0.497 e. The zero-order valence-corrected chi connectivity index (χ0v) is 17.9. The molecule has 7 nitrogen and oxygen atoms in total. The largest absolute Gasteiger partial charge is 0.497 e. The smallest absolute Gasteiger partial charge is 0.275 e. The number of methoxy groups -OCH3 is 2. The molecule has 1 fully saturated rings. The molecular formula is C24H27N3O4. The predicted octanol–water partition coefficient (Wildman–Crippen LogP) is 3.63. The van der Waals surface area contributed by atoms with Gasteiger partial charge >= 0.3 is 0 Å². The van der Waals surface area contributed by atoms with Gasteiger partial charge in [-0.3, -0.25) is 14.6 Å². The maximum atomic E-state index is 13.4. The first-order valence-electron chi connectivity index (χ1n) is 10.5. The van der Waals surface area contributed by atoms with Crippen LogP contribution in [0.15, 0.2) is 53.5 Å². The van der Waals surface area contributed by atoms with Gasteiger partial charge in [-0.2, -0.15) is 0 Å². The highest BCUT2D eigenvalue weighted by atomic mass is 16.5. The summed E-state index contributed by atoms with van der Waals surface area (Å²) in [6, 6.07) is 14.5. The molecule has 0 unspecified atom stereocenters. The van der Waals surface area contributed by atoms with Gasteiger partial charge in [-0.15, -0.1) is 0 Å². The van der Waals surface area contributed by atoms with Crippen molar-refractivity contribution in [1.29, 1.82) is 0 Å². The molecule has 1 heterocycles. The quantitative estimate of drug-likeness (QED) is 0.772. The third kappa shape index (κ3) is 4.26. The molecule has 0 radical (unpaired) electrons. The minimum absolute atomic E-state index is 0.0425. The Morgan fingerprint density at radius 3 is 2.42 bits per heavy atom. The fourth-order valence-corrected chi connectivity index (χ4v) is 4.33. The van der Waals surface area contributed by atoms with Crippen molar-refractivity contribution in [2.75, 3.05) is 26.1 Å². The summed E-state index contributed by atoms with van der Waals surface area (Å²) in [7, 11) is 3.18. The summed E-state index contributed by atoms with van der Waals surface area (Å²) in [4.78, 5) is 32.8. The fraction of sp³-hybridized carbons (Fsp3) is 0.375. The van der Waals surface area contributed by atoms with E-state index in [1.54, 1.807) is 31.3 Å². The zero-order valence-electron chi connectivity index (χ0n) is 17.9. The number of anilines is 1. The van der Waals surface area contributed by atoms with Gasteiger partial charge in [0.05, 0.1) is 14.2 Å². The average molecular weight is 421 g/mol. The standard InChI is InChI=1S/C24H27N3O4/c1-30-19-11-9-17(10-12-19)22-23(29)27(24(26-22)13-4-3-5-14-24)16-21(28)25-18-7-6-8-20(15-18)31-2/h6-12,15H,3-5,13-14,16H2,1-2H3,(H,25,28). The van der Waals surface area contributed by atoms with Gasteiger partial charge in [0.25, 0.3) is 5.91 Å². The van der Waals surface area contributed by atoms with Crippen molar-refractivity contribution in [2.45, 2.75) is 37.8 Å². The summed E-state index contributed by atoms with van der Waals surface area (Å²) >= 11 is 0. The van der Waals surface area contributed by atoms with Crippen LogP contribution in [0.5, 0.6) is 11.5 Å². The van der Waals surface area contributed by atoms with Crippen molar-refractivity contribution < 1.29 is 19.1 Å². The highest BCUT2D eigenvalue weighted by Crippen LogP contribution is 2.39. The van der Waals surface area contributed by atoms with E-state index in [2.05, 4.69) is 5.32 Å². The van der Waals surface area contributed by atoms with Crippen LogP contribution in [-0.4, -0.2) is 48.9 Å². The topological polar surface area (TPSA) is 80.2 Å². The molecule has 0 bridgehead atoms. The molecule has 7 heteroatoms. The Morgan fingerprint density at radius 2 is 1.74 bits per heavy atom. The Hall–Kier alpha value is -3.35. The van der Waals surface area contributed by atoms with E-state index >= 15 is 0 Å². The second-order valence-electron chi connectivity index (χ2n) is 7.90. The Kier molecular flexibility index (Phi) is 5.93. The number of hydrogen-bond donors (Lipinski definition) is 1. The highest BCUT2D eigenvalue weighted by molar-refractivity contribution is 6.47. The van der Waals surface area contributed by atoms with Crippen molar-refractivity contribution in [1.82, 2.24) is 4.90 Å². The van der Waals surface area contributed by atoms with Crippen molar-refractivity contribution in [3.63, 3.8) is 0 Å². The number of ether oxygens (including phenoxy) is 2. The number of hydrogen-bond acceptors (Lipinski definition) is 5. The van der Waals surface area contributed by atoms with Crippen LogP contribution in [0, 0.1) is 0 Å². The van der Waals surface area contributed by atoms with Crippen LogP contribution in [0.25, 0.3) is 0 Å². The van der Waals surface area contributed by atoms with Gasteiger partial charge in [0.1, 0.15) is 29.4 Å². The van der Waals surface area contributed by atoms with E-state index < -0.39 is 5.66 Å². The maximum Gasteiger partial charge on any atom is 0.275 e. The SMILES string of the molecule is COc1ccc(C2=NC3(CCCCC3)N(CC(=O)Nc3cccc(OC)c3)C2=O)cc1. The maximum absolute atomic E-state index is 13.4. The van der Waals surface area contributed by atoms with Crippen LogP contribution in [0.4, 0.5) is 5.69 Å².